The lowest BCUT2D eigenvalue weighted by Gasteiger charge is -2.09. The van der Waals surface area contributed by atoms with Gasteiger partial charge in [0.1, 0.15) is 0 Å². The highest BCUT2D eigenvalue weighted by atomic mass is 16.1. The van der Waals surface area contributed by atoms with Crippen molar-refractivity contribution in [1.82, 2.24) is 9.97 Å². The van der Waals surface area contributed by atoms with Gasteiger partial charge in [-0.15, -0.1) is 0 Å². The third kappa shape index (κ3) is 1.94. The van der Waals surface area contributed by atoms with Crippen molar-refractivity contribution in [1.29, 1.82) is 0 Å². The van der Waals surface area contributed by atoms with Gasteiger partial charge < -0.3 is 11.5 Å². The molecule has 0 saturated carbocycles. The number of carbonyl (C=O) groups excluding carboxylic acids is 1. The summed E-state index contributed by atoms with van der Waals surface area (Å²) in [6.45, 7) is 1.92. The van der Waals surface area contributed by atoms with Crippen LogP contribution in [-0.4, -0.2) is 15.9 Å². The molecule has 5 heteroatoms. The molecule has 2 heterocycles. The third-order valence-electron chi connectivity index (χ3n) is 2.49. The van der Waals surface area contributed by atoms with Crippen LogP contribution in [0.15, 0.2) is 30.6 Å². The molecule has 2 rings (SSSR count). The van der Waals surface area contributed by atoms with Gasteiger partial charge in [0.25, 0.3) is 5.91 Å². The van der Waals surface area contributed by atoms with Gasteiger partial charge in [-0.2, -0.15) is 0 Å². The second-order valence-corrected chi connectivity index (χ2v) is 3.65. The fourth-order valence-electron chi connectivity index (χ4n) is 1.64. The molecule has 2 aromatic heterocycles. The number of nitrogens with two attached hydrogens (primary N) is 2. The summed E-state index contributed by atoms with van der Waals surface area (Å²) in [6, 6.07) is 5.48. The van der Waals surface area contributed by atoms with E-state index in [1.807, 2.05) is 19.1 Å². The van der Waals surface area contributed by atoms with Crippen molar-refractivity contribution in [3.63, 3.8) is 0 Å². The number of rotatable bonds is 2. The van der Waals surface area contributed by atoms with Crippen LogP contribution in [0.1, 0.15) is 16.1 Å². The van der Waals surface area contributed by atoms with Crippen molar-refractivity contribution in [2.24, 2.45) is 5.73 Å². The highest BCUT2D eigenvalue weighted by Gasteiger charge is 2.14. The molecule has 0 aliphatic carbocycles. The number of aryl methyl sites for hydroxylation is 1. The molecule has 0 aliphatic rings. The van der Waals surface area contributed by atoms with Gasteiger partial charge in [0, 0.05) is 18.0 Å². The first-order valence-corrected chi connectivity index (χ1v) is 5.07. The number of nitrogens with zero attached hydrogens (tertiary/aromatic N) is 2. The van der Waals surface area contributed by atoms with E-state index in [0.29, 0.717) is 5.56 Å². The smallest absolute Gasteiger partial charge is 0.269 e. The number of aromatic nitrogens is 2. The predicted octanol–water partition coefficient (Wildman–Crippen LogP) is 1.13. The van der Waals surface area contributed by atoms with E-state index in [0.717, 1.165) is 11.3 Å². The minimum Gasteiger partial charge on any atom is -0.396 e. The molecule has 0 radical (unpaired) electrons. The van der Waals surface area contributed by atoms with E-state index in [4.69, 9.17) is 11.5 Å². The van der Waals surface area contributed by atoms with Gasteiger partial charge >= 0.3 is 0 Å². The first-order chi connectivity index (χ1) is 8.11. The van der Waals surface area contributed by atoms with Crippen LogP contribution >= 0.6 is 0 Å². The van der Waals surface area contributed by atoms with Crippen LogP contribution in [0.5, 0.6) is 0 Å². The van der Waals surface area contributed by atoms with Gasteiger partial charge in [-0.25, -0.2) is 4.98 Å². The lowest BCUT2D eigenvalue weighted by atomic mass is 10.0. The topological polar surface area (TPSA) is 94.9 Å². The Labute approximate surface area is 98.5 Å². The normalized spacial score (nSPS) is 10.2. The van der Waals surface area contributed by atoms with E-state index in [2.05, 4.69) is 9.97 Å². The molecule has 2 aromatic rings. The molecule has 4 N–H and O–H groups in total. The molecule has 0 unspecified atom stereocenters. The molecule has 5 nitrogen and oxygen atoms in total. The number of hydrogen-bond donors (Lipinski definition) is 2. The summed E-state index contributed by atoms with van der Waals surface area (Å²) < 4.78 is 0. The molecule has 0 fully saturated rings. The largest absolute Gasteiger partial charge is 0.396 e. The van der Waals surface area contributed by atoms with Crippen LogP contribution in [0.25, 0.3) is 11.3 Å². The maximum atomic E-state index is 11.1. The zero-order valence-corrected chi connectivity index (χ0v) is 9.34. The number of nitrogen functional groups attached to an aromatic ring is 1. The van der Waals surface area contributed by atoms with Crippen LogP contribution in [0, 0.1) is 6.92 Å². The molecule has 17 heavy (non-hydrogen) atoms. The Balaban J connectivity index is 2.65. The fraction of sp³-hybridized carbons (Fsp3) is 0.0833. The Morgan fingerprint density at radius 1 is 1.24 bits per heavy atom. The second-order valence-electron chi connectivity index (χ2n) is 3.65. The van der Waals surface area contributed by atoms with E-state index in [-0.39, 0.29) is 11.4 Å². The number of amides is 1. The average Bonchev–Trinajstić information content (AvgIpc) is 2.30. The molecule has 0 atom stereocenters. The van der Waals surface area contributed by atoms with Crippen molar-refractivity contribution in [2.45, 2.75) is 6.92 Å². The van der Waals surface area contributed by atoms with E-state index < -0.39 is 5.91 Å². The highest BCUT2D eigenvalue weighted by Crippen LogP contribution is 2.27. The van der Waals surface area contributed by atoms with E-state index in [9.17, 15) is 4.79 Å². The molecular formula is C12H12N4O. The number of hydrogen-bond acceptors (Lipinski definition) is 4. The maximum Gasteiger partial charge on any atom is 0.269 e. The van der Waals surface area contributed by atoms with Gasteiger partial charge in [-0.1, -0.05) is 6.07 Å². The first-order valence-electron chi connectivity index (χ1n) is 5.07. The number of anilines is 1. The van der Waals surface area contributed by atoms with E-state index in [1.165, 1.54) is 6.20 Å². The third-order valence-corrected chi connectivity index (χ3v) is 2.49. The summed E-state index contributed by atoms with van der Waals surface area (Å²) in [5.41, 5.74) is 13.8. The SMILES string of the molecule is Cc1cccnc1-c1ccnc(C(N)=O)c1N. The van der Waals surface area contributed by atoms with Crippen molar-refractivity contribution in [2.75, 3.05) is 5.73 Å². The minimum absolute atomic E-state index is 0.0764. The minimum atomic E-state index is -0.641. The van der Waals surface area contributed by atoms with Gasteiger partial charge in [0.05, 0.1) is 11.4 Å². The number of pyridine rings is 2. The molecule has 0 aromatic carbocycles. The highest BCUT2D eigenvalue weighted by molar-refractivity contribution is 5.99. The van der Waals surface area contributed by atoms with E-state index >= 15 is 0 Å². The Morgan fingerprint density at radius 2 is 2.00 bits per heavy atom. The predicted molar refractivity (Wildman–Crippen MR) is 65.1 cm³/mol. The van der Waals surface area contributed by atoms with Gasteiger partial charge in [-0.05, 0) is 24.6 Å². The average molecular weight is 228 g/mol. The van der Waals surface area contributed by atoms with Crippen LogP contribution in [0.3, 0.4) is 0 Å². The summed E-state index contributed by atoms with van der Waals surface area (Å²) in [7, 11) is 0. The molecule has 1 amide bonds. The van der Waals surface area contributed by atoms with Crippen LogP contribution in [-0.2, 0) is 0 Å². The summed E-state index contributed by atoms with van der Waals surface area (Å²) in [5, 5.41) is 0. The summed E-state index contributed by atoms with van der Waals surface area (Å²) in [6.07, 6.45) is 3.17. The molecule has 0 saturated heterocycles. The molecule has 86 valence electrons. The van der Waals surface area contributed by atoms with Crippen molar-refractivity contribution < 1.29 is 4.79 Å². The van der Waals surface area contributed by atoms with Gasteiger partial charge in [0.2, 0.25) is 0 Å². The summed E-state index contributed by atoms with van der Waals surface area (Å²) in [4.78, 5) is 19.3. The Bertz CT molecular complexity index is 580. The zero-order chi connectivity index (χ0) is 12.4. The number of primary amides is 1. The second kappa shape index (κ2) is 4.21. The molecule has 0 spiro atoms. The van der Waals surface area contributed by atoms with Crippen LogP contribution < -0.4 is 11.5 Å². The van der Waals surface area contributed by atoms with Crippen LogP contribution in [0.4, 0.5) is 5.69 Å². The summed E-state index contributed by atoms with van der Waals surface area (Å²) >= 11 is 0. The van der Waals surface area contributed by atoms with E-state index in [1.54, 1.807) is 12.3 Å². The van der Waals surface area contributed by atoms with Crippen molar-refractivity contribution >= 4 is 11.6 Å². The molecule has 0 bridgehead atoms. The summed E-state index contributed by atoms with van der Waals surface area (Å²) in [5.74, 6) is -0.641. The quantitative estimate of drug-likeness (QED) is 0.805. The van der Waals surface area contributed by atoms with Crippen molar-refractivity contribution in [3.05, 3.63) is 41.9 Å². The Morgan fingerprint density at radius 3 is 2.65 bits per heavy atom. The van der Waals surface area contributed by atoms with Crippen LogP contribution in [0.2, 0.25) is 0 Å². The lowest BCUT2D eigenvalue weighted by Crippen LogP contribution is -2.16. The van der Waals surface area contributed by atoms with Crippen molar-refractivity contribution in [3.8, 4) is 11.3 Å². The first kappa shape index (κ1) is 11.1. The monoisotopic (exact) mass is 228 g/mol. The number of carbonyl (C=O) groups is 1. The standard InChI is InChI=1S/C12H12N4O/c1-7-3-2-5-15-10(7)8-4-6-16-11(9(8)13)12(14)17/h2-6H,13H2,1H3,(H2,14,17). The Hall–Kier alpha value is -2.43. The molecule has 0 aliphatic heterocycles. The van der Waals surface area contributed by atoms with Gasteiger partial charge in [-0.3, -0.25) is 9.78 Å². The molecular weight excluding hydrogens is 216 g/mol. The maximum absolute atomic E-state index is 11.1. The Kier molecular flexibility index (Phi) is 2.74. The van der Waals surface area contributed by atoms with Gasteiger partial charge in [0.15, 0.2) is 5.69 Å². The fourth-order valence-corrected chi connectivity index (χ4v) is 1.64. The lowest BCUT2D eigenvalue weighted by molar-refractivity contribution is 0.0996. The zero-order valence-electron chi connectivity index (χ0n) is 9.34.